The van der Waals surface area contributed by atoms with Gasteiger partial charge in [-0.15, -0.1) is 0 Å². The van der Waals surface area contributed by atoms with Gasteiger partial charge in [0.25, 0.3) is 11.8 Å². The van der Waals surface area contributed by atoms with Gasteiger partial charge < -0.3 is 4.74 Å². The number of benzene rings is 4. The Morgan fingerprint density at radius 3 is 1.76 bits per heavy atom. The molecule has 1 fully saturated rings. The Balaban J connectivity index is 1.49. The minimum Gasteiger partial charge on any atom is -0.488 e. The molecule has 0 saturated carbocycles. The smallest absolute Gasteiger partial charge is 0.270 e. The highest BCUT2D eigenvalue weighted by Gasteiger charge is 2.41. The molecule has 0 atom stereocenters. The van der Waals surface area contributed by atoms with Gasteiger partial charge in [0.1, 0.15) is 17.9 Å². The first-order valence-corrected chi connectivity index (χ1v) is 12.7. The third-order valence-corrected chi connectivity index (χ3v) is 6.77. The second-order valence-corrected chi connectivity index (χ2v) is 9.48. The molecule has 1 aliphatic heterocycles. The SMILES string of the molecule is O=C1C(=Cc2ccc(OCc3ccccc3)c(Br)c2)C(=O)N(c2ccccc2)C(=S)N1c1ccccc1. The second kappa shape index (κ2) is 10.9. The fourth-order valence-electron chi connectivity index (χ4n) is 3.97. The Bertz CT molecular complexity index is 1430. The van der Waals surface area contributed by atoms with Crippen LogP contribution in [0.1, 0.15) is 11.1 Å². The molecule has 4 aromatic carbocycles. The van der Waals surface area contributed by atoms with Crippen molar-refractivity contribution in [1.29, 1.82) is 0 Å². The molecular weight excluding hydrogens is 548 g/mol. The summed E-state index contributed by atoms with van der Waals surface area (Å²) < 4.78 is 6.65. The summed E-state index contributed by atoms with van der Waals surface area (Å²) in [7, 11) is 0. The van der Waals surface area contributed by atoms with E-state index in [0.29, 0.717) is 33.8 Å². The van der Waals surface area contributed by atoms with Crippen LogP contribution in [0.4, 0.5) is 11.4 Å². The maximum Gasteiger partial charge on any atom is 0.270 e. The Kier molecular flexibility index (Phi) is 7.25. The van der Waals surface area contributed by atoms with Crippen molar-refractivity contribution in [2.75, 3.05) is 9.80 Å². The normalized spacial score (nSPS) is 13.6. The summed E-state index contributed by atoms with van der Waals surface area (Å²) in [5.74, 6) is -0.298. The summed E-state index contributed by atoms with van der Waals surface area (Å²) in [5, 5.41) is 0.107. The predicted molar refractivity (Wildman–Crippen MR) is 153 cm³/mol. The number of anilines is 2. The number of para-hydroxylation sites is 2. The molecule has 1 aliphatic rings. The second-order valence-electron chi connectivity index (χ2n) is 8.26. The summed E-state index contributed by atoms with van der Waals surface area (Å²) in [6, 6.07) is 33.5. The van der Waals surface area contributed by atoms with Crippen molar-refractivity contribution < 1.29 is 14.3 Å². The van der Waals surface area contributed by atoms with Gasteiger partial charge in [0.15, 0.2) is 5.11 Å². The first kappa shape index (κ1) is 24.6. The van der Waals surface area contributed by atoms with E-state index in [-0.39, 0.29) is 10.7 Å². The molecule has 0 aromatic heterocycles. The van der Waals surface area contributed by atoms with Crippen molar-refractivity contribution in [2.45, 2.75) is 6.61 Å². The van der Waals surface area contributed by atoms with Crippen LogP contribution in [0.5, 0.6) is 5.75 Å². The number of hydrogen-bond acceptors (Lipinski definition) is 4. The van der Waals surface area contributed by atoms with Crippen LogP contribution in [0, 0.1) is 0 Å². The molecule has 7 heteroatoms. The molecule has 0 radical (unpaired) electrons. The first-order valence-electron chi connectivity index (χ1n) is 11.5. The Morgan fingerprint density at radius 1 is 0.730 bits per heavy atom. The number of ether oxygens (including phenoxy) is 1. The van der Waals surface area contributed by atoms with Crippen LogP contribution >= 0.6 is 28.1 Å². The summed E-state index contributed by atoms with van der Waals surface area (Å²) >= 11 is 9.21. The van der Waals surface area contributed by atoms with Crippen molar-refractivity contribution in [1.82, 2.24) is 0 Å². The number of nitrogens with zero attached hydrogens (tertiary/aromatic N) is 2. The molecule has 0 bridgehead atoms. The molecule has 1 saturated heterocycles. The average molecular weight is 569 g/mol. The lowest BCUT2D eigenvalue weighted by atomic mass is 10.0. The van der Waals surface area contributed by atoms with Crippen molar-refractivity contribution in [3.05, 3.63) is 130 Å². The molecule has 2 amide bonds. The van der Waals surface area contributed by atoms with Crippen LogP contribution in [-0.4, -0.2) is 16.9 Å². The van der Waals surface area contributed by atoms with E-state index < -0.39 is 11.8 Å². The van der Waals surface area contributed by atoms with Gasteiger partial charge in [-0.1, -0.05) is 72.8 Å². The summed E-state index contributed by atoms with van der Waals surface area (Å²) in [6.07, 6.45) is 1.59. The van der Waals surface area contributed by atoms with E-state index in [4.69, 9.17) is 17.0 Å². The number of rotatable bonds is 6. The van der Waals surface area contributed by atoms with Gasteiger partial charge in [0.2, 0.25) is 0 Å². The average Bonchev–Trinajstić information content (AvgIpc) is 2.92. The molecule has 5 nitrogen and oxygen atoms in total. The van der Waals surface area contributed by atoms with Gasteiger partial charge in [-0.25, -0.2) is 0 Å². The summed E-state index contributed by atoms with van der Waals surface area (Å²) in [6.45, 7) is 0.423. The van der Waals surface area contributed by atoms with E-state index in [1.807, 2.05) is 84.9 Å². The highest BCUT2D eigenvalue weighted by atomic mass is 79.9. The monoisotopic (exact) mass is 568 g/mol. The predicted octanol–water partition coefficient (Wildman–Crippen LogP) is 6.78. The van der Waals surface area contributed by atoms with E-state index in [2.05, 4.69) is 15.9 Å². The van der Waals surface area contributed by atoms with Gasteiger partial charge in [-0.2, -0.15) is 0 Å². The highest BCUT2D eigenvalue weighted by molar-refractivity contribution is 9.10. The maximum absolute atomic E-state index is 13.6. The van der Waals surface area contributed by atoms with Crippen LogP contribution in [0.25, 0.3) is 6.08 Å². The number of carbonyl (C=O) groups is 2. The highest BCUT2D eigenvalue weighted by Crippen LogP contribution is 2.32. The van der Waals surface area contributed by atoms with Crippen LogP contribution in [0.3, 0.4) is 0 Å². The topological polar surface area (TPSA) is 49.9 Å². The zero-order valence-corrected chi connectivity index (χ0v) is 22.0. The minimum atomic E-state index is -0.478. The lowest BCUT2D eigenvalue weighted by Gasteiger charge is -2.36. The largest absolute Gasteiger partial charge is 0.488 e. The lowest BCUT2D eigenvalue weighted by Crippen LogP contribution is -2.56. The van der Waals surface area contributed by atoms with Crippen LogP contribution in [-0.2, 0) is 16.2 Å². The number of hydrogen-bond donors (Lipinski definition) is 0. The zero-order chi connectivity index (χ0) is 25.8. The number of amides is 2. The molecule has 0 N–H and O–H groups in total. The molecule has 1 heterocycles. The van der Waals surface area contributed by atoms with Gasteiger partial charge in [0, 0.05) is 0 Å². The third kappa shape index (κ3) is 5.23. The lowest BCUT2D eigenvalue weighted by molar-refractivity contribution is -0.120. The summed E-state index contributed by atoms with van der Waals surface area (Å²) in [5.41, 5.74) is 2.90. The molecule has 37 heavy (non-hydrogen) atoms. The first-order chi connectivity index (χ1) is 18.0. The van der Waals surface area contributed by atoms with Gasteiger partial charge >= 0.3 is 0 Å². The third-order valence-electron chi connectivity index (χ3n) is 5.78. The van der Waals surface area contributed by atoms with E-state index in [1.165, 1.54) is 9.80 Å². The molecule has 4 aromatic rings. The maximum atomic E-state index is 13.6. The zero-order valence-electron chi connectivity index (χ0n) is 19.6. The number of carbonyl (C=O) groups excluding carboxylic acids is 2. The van der Waals surface area contributed by atoms with E-state index >= 15 is 0 Å². The van der Waals surface area contributed by atoms with E-state index in [0.717, 1.165) is 5.56 Å². The van der Waals surface area contributed by atoms with Crippen LogP contribution in [0.2, 0.25) is 0 Å². The molecule has 0 unspecified atom stereocenters. The van der Waals surface area contributed by atoms with Crippen molar-refractivity contribution in [3.63, 3.8) is 0 Å². The number of thiocarbonyl (C=S) groups is 1. The molecule has 5 rings (SSSR count). The Hall–Kier alpha value is -4.07. The van der Waals surface area contributed by atoms with E-state index in [9.17, 15) is 9.59 Å². The standard InChI is InChI=1S/C30H21BrN2O3S/c31-26-19-22(16-17-27(26)36-20-21-10-4-1-5-11-21)18-25-28(34)32(23-12-6-2-7-13-23)30(37)33(29(25)35)24-14-8-3-9-15-24/h1-19H,20H2. The fourth-order valence-corrected chi connectivity index (χ4v) is 4.85. The molecule has 182 valence electrons. The van der Waals surface area contributed by atoms with Gasteiger partial charge in [0.05, 0.1) is 15.8 Å². The van der Waals surface area contributed by atoms with Crippen molar-refractivity contribution >= 4 is 62.5 Å². The molecule has 0 aliphatic carbocycles. The van der Waals surface area contributed by atoms with Crippen LogP contribution in [0.15, 0.2) is 119 Å². The number of halogens is 1. The molecular formula is C30H21BrN2O3S. The minimum absolute atomic E-state index is 0.00570. The quantitative estimate of drug-likeness (QED) is 0.146. The summed E-state index contributed by atoms with van der Waals surface area (Å²) in [4.78, 5) is 30.0. The molecule has 0 spiro atoms. The van der Waals surface area contributed by atoms with E-state index in [1.54, 1.807) is 30.3 Å². The fraction of sp³-hybridized carbons (Fsp3) is 0.0333. The van der Waals surface area contributed by atoms with Gasteiger partial charge in [-0.05, 0) is 81.7 Å². The Morgan fingerprint density at radius 2 is 1.24 bits per heavy atom. The van der Waals surface area contributed by atoms with Crippen molar-refractivity contribution in [2.24, 2.45) is 0 Å². The van der Waals surface area contributed by atoms with Gasteiger partial charge in [-0.3, -0.25) is 19.4 Å². The Labute approximate surface area is 228 Å². The van der Waals surface area contributed by atoms with Crippen molar-refractivity contribution in [3.8, 4) is 5.75 Å². The van der Waals surface area contributed by atoms with Crippen LogP contribution < -0.4 is 14.5 Å².